The van der Waals surface area contributed by atoms with E-state index in [1.807, 2.05) is 12.1 Å². The minimum atomic E-state index is -1.29. The van der Waals surface area contributed by atoms with E-state index in [1.165, 1.54) is 5.56 Å². The van der Waals surface area contributed by atoms with Crippen LogP contribution >= 0.6 is 0 Å². The fourth-order valence-corrected chi connectivity index (χ4v) is 2.89. The number of carbonyl (C=O) groups is 1. The fraction of sp³-hybridized carbons (Fsp3) is 0.304. The average molecular weight is 396 g/mol. The molecule has 0 bridgehead atoms. The smallest absolute Gasteiger partial charge is 0.371 e. The van der Waals surface area contributed by atoms with Crippen LogP contribution in [0.4, 0.5) is 0 Å². The molecule has 0 saturated heterocycles. The molecule has 2 aromatic carbocycles. The Morgan fingerprint density at radius 2 is 1.72 bits per heavy atom. The summed E-state index contributed by atoms with van der Waals surface area (Å²) in [5.41, 5.74) is 1.08. The molecule has 1 heterocycles. The van der Waals surface area contributed by atoms with Gasteiger partial charge in [-0.25, -0.2) is 4.79 Å². The Hall–Kier alpha value is -3.28. The Morgan fingerprint density at radius 3 is 2.38 bits per heavy atom. The molecule has 1 N–H and O–H groups in total. The van der Waals surface area contributed by atoms with Crippen LogP contribution in [0.25, 0.3) is 11.0 Å². The summed E-state index contributed by atoms with van der Waals surface area (Å²) in [5, 5.41) is 9.24. The molecule has 0 unspecified atom stereocenters. The second-order valence-electron chi connectivity index (χ2n) is 7.73. The van der Waals surface area contributed by atoms with E-state index in [4.69, 9.17) is 19.0 Å². The van der Waals surface area contributed by atoms with E-state index < -0.39 is 17.2 Å². The van der Waals surface area contributed by atoms with E-state index >= 15 is 0 Å². The zero-order chi connectivity index (χ0) is 21.0. The third-order valence-electron chi connectivity index (χ3n) is 4.46. The minimum absolute atomic E-state index is 0.1000. The van der Waals surface area contributed by atoms with Crippen LogP contribution < -0.4 is 14.9 Å². The third-order valence-corrected chi connectivity index (χ3v) is 4.46. The van der Waals surface area contributed by atoms with Gasteiger partial charge in [0, 0.05) is 12.5 Å². The lowest BCUT2D eigenvalue weighted by molar-refractivity contribution is 0.0663. The van der Waals surface area contributed by atoms with Gasteiger partial charge in [-0.2, -0.15) is 0 Å². The van der Waals surface area contributed by atoms with Crippen LogP contribution in [0.1, 0.15) is 43.3 Å². The van der Waals surface area contributed by atoms with Crippen molar-refractivity contribution in [2.24, 2.45) is 0 Å². The first-order valence-electron chi connectivity index (χ1n) is 9.42. The van der Waals surface area contributed by atoms with Crippen molar-refractivity contribution >= 4 is 16.9 Å². The molecule has 6 nitrogen and oxygen atoms in total. The maximum Gasteiger partial charge on any atom is 0.371 e. The van der Waals surface area contributed by atoms with Crippen molar-refractivity contribution < 1.29 is 23.8 Å². The Morgan fingerprint density at radius 1 is 1.03 bits per heavy atom. The summed E-state index contributed by atoms with van der Waals surface area (Å²) in [6.07, 6.45) is 0.621. The van der Waals surface area contributed by atoms with E-state index in [1.54, 1.807) is 18.2 Å². The summed E-state index contributed by atoms with van der Waals surface area (Å²) in [7, 11) is 0. The number of hydrogen-bond acceptors (Lipinski definition) is 5. The van der Waals surface area contributed by atoms with Gasteiger partial charge in [-0.1, -0.05) is 39.0 Å². The van der Waals surface area contributed by atoms with Crippen molar-refractivity contribution in [3.63, 3.8) is 0 Å². The van der Waals surface area contributed by atoms with Crippen molar-refractivity contribution in [1.82, 2.24) is 0 Å². The van der Waals surface area contributed by atoms with Crippen molar-refractivity contribution in [3.8, 4) is 11.5 Å². The van der Waals surface area contributed by atoms with Gasteiger partial charge < -0.3 is 19.0 Å². The molecule has 0 radical (unpaired) electrons. The van der Waals surface area contributed by atoms with E-state index in [2.05, 4.69) is 32.9 Å². The summed E-state index contributed by atoms with van der Waals surface area (Å²) >= 11 is 0. The van der Waals surface area contributed by atoms with Crippen molar-refractivity contribution in [2.45, 2.75) is 32.6 Å². The van der Waals surface area contributed by atoms with E-state index in [9.17, 15) is 9.59 Å². The number of carboxylic acids is 1. The van der Waals surface area contributed by atoms with Gasteiger partial charge >= 0.3 is 5.97 Å². The fourth-order valence-electron chi connectivity index (χ4n) is 2.89. The molecule has 152 valence electrons. The Bertz CT molecular complexity index is 1060. The molecule has 0 spiro atoms. The molecular weight excluding hydrogens is 372 g/mol. The lowest BCUT2D eigenvalue weighted by Crippen LogP contribution is -2.11. The van der Waals surface area contributed by atoms with Crippen LogP contribution in [0.2, 0.25) is 0 Å². The molecule has 0 atom stereocenters. The molecule has 3 aromatic rings. The van der Waals surface area contributed by atoms with Crippen molar-refractivity contribution in [2.75, 3.05) is 13.2 Å². The van der Waals surface area contributed by atoms with Crippen LogP contribution in [0, 0.1) is 0 Å². The first-order chi connectivity index (χ1) is 13.8. The van der Waals surface area contributed by atoms with Gasteiger partial charge in [-0.05, 0) is 35.2 Å². The highest BCUT2D eigenvalue weighted by molar-refractivity contribution is 5.89. The molecule has 0 saturated carbocycles. The maximum absolute atomic E-state index is 12.3. The number of hydrogen-bond donors (Lipinski definition) is 1. The van der Waals surface area contributed by atoms with Crippen LogP contribution in [0.5, 0.6) is 11.5 Å². The quantitative estimate of drug-likeness (QED) is 0.586. The molecule has 3 rings (SSSR count). The van der Waals surface area contributed by atoms with Crippen molar-refractivity contribution in [3.05, 3.63) is 70.1 Å². The molecule has 6 heteroatoms. The molecular formula is C23H24O6. The van der Waals surface area contributed by atoms with Gasteiger partial charge in [0.25, 0.3) is 0 Å². The number of fused-ring (bicyclic) bond motifs is 1. The largest absolute Gasteiger partial charge is 0.493 e. The zero-order valence-electron chi connectivity index (χ0n) is 16.7. The Balaban J connectivity index is 1.58. The minimum Gasteiger partial charge on any atom is -0.493 e. The first kappa shape index (κ1) is 20.5. The monoisotopic (exact) mass is 396 g/mol. The number of aromatic carboxylic acids is 1. The Labute approximate surface area is 168 Å². The number of rotatable bonds is 7. The molecule has 1 aromatic heterocycles. The maximum atomic E-state index is 12.3. The summed E-state index contributed by atoms with van der Waals surface area (Å²) in [6.45, 7) is 7.31. The number of benzene rings is 2. The summed E-state index contributed by atoms with van der Waals surface area (Å²) in [6, 6.07) is 13.8. The van der Waals surface area contributed by atoms with Gasteiger partial charge in [0.1, 0.15) is 22.5 Å². The molecule has 0 aliphatic heterocycles. The van der Waals surface area contributed by atoms with Crippen LogP contribution in [-0.2, 0) is 5.41 Å². The topological polar surface area (TPSA) is 86.0 Å². The predicted molar refractivity (Wildman–Crippen MR) is 110 cm³/mol. The van der Waals surface area contributed by atoms with Gasteiger partial charge in [0.2, 0.25) is 5.76 Å². The molecule has 0 aliphatic carbocycles. The predicted octanol–water partition coefficient (Wildman–Crippen LogP) is 4.64. The van der Waals surface area contributed by atoms with Crippen molar-refractivity contribution in [1.29, 1.82) is 0 Å². The molecule has 0 aliphatic rings. The lowest BCUT2D eigenvalue weighted by Gasteiger charge is -2.19. The zero-order valence-corrected chi connectivity index (χ0v) is 16.7. The number of carboxylic acid groups (broad SMARTS) is 1. The highest BCUT2D eigenvalue weighted by Gasteiger charge is 2.14. The highest BCUT2D eigenvalue weighted by Crippen LogP contribution is 2.25. The van der Waals surface area contributed by atoms with E-state index in [0.717, 1.165) is 11.8 Å². The van der Waals surface area contributed by atoms with Gasteiger partial charge in [-0.3, -0.25) is 4.79 Å². The number of ether oxygens (including phenoxy) is 2. The summed E-state index contributed by atoms with van der Waals surface area (Å²) in [4.78, 5) is 23.3. The van der Waals surface area contributed by atoms with Gasteiger partial charge in [0.15, 0.2) is 5.43 Å². The van der Waals surface area contributed by atoms with E-state index in [-0.39, 0.29) is 16.4 Å². The Kier molecular flexibility index (Phi) is 5.92. The molecule has 0 amide bonds. The normalized spacial score (nSPS) is 11.4. The first-order valence-corrected chi connectivity index (χ1v) is 9.42. The van der Waals surface area contributed by atoms with Gasteiger partial charge in [-0.15, -0.1) is 0 Å². The second-order valence-corrected chi connectivity index (χ2v) is 7.73. The molecule has 0 fully saturated rings. The summed E-state index contributed by atoms with van der Waals surface area (Å²) < 4.78 is 16.7. The SMILES string of the molecule is CC(C)(C)c1ccc(OCCCOc2cccc3oc(C(=O)O)cc(=O)c23)cc1. The van der Waals surface area contributed by atoms with E-state index in [0.29, 0.717) is 25.4 Å². The standard InChI is InChI=1S/C23H24O6/c1-23(2,3)15-8-10-16(11-9-15)27-12-5-13-28-18-6-4-7-19-21(18)17(24)14-20(29-19)22(25)26/h4,6-11,14H,5,12-13H2,1-3H3,(H,25,26). The van der Waals surface area contributed by atoms with Crippen LogP contribution in [0.15, 0.2) is 57.7 Å². The molecule has 29 heavy (non-hydrogen) atoms. The second kappa shape index (κ2) is 8.39. The third kappa shape index (κ3) is 4.96. The van der Waals surface area contributed by atoms with Crippen LogP contribution in [-0.4, -0.2) is 24.3 Å². The lowest BCUT2D eigenvalue weighted by atomic mass is 9.87. The van der Waals surface area contributed by atoms with Crippen LogP contribution in [0.3, 0.4) is 0 Å². The van der Waals surface area contributed by atoms with Gasteiger partial charge in [0.05, 0.1) is 13.2 Å². The summed E-state index contributed by atoms with van der Waals surface area (Å²) in [5.74, 6) is -0.527. The average Bonchev–Trinajstić information content (AvgIpc) is 2.67. The highest BCUT2D eigenvalue weighted by atomic mass is 16.5.